The maximum Gasteiger partial charge on any atom is 0.437 e. The first-order chi connectivity index (χ1) is 10.8. The third-order valence-electron chi connectivity index (χ3n) is 3.50. The van der Waals surface area contributed by atoms with Crippen LogP contribution in [0.4, 0.5) is 18.2 Å². The molecule has 3 rings (SSSR count). The summed E-state index contributed by atoms with van der Waals surface area (Å²) < 4.78 is 38.3. The summed E-state index contributed by atoms with van der Waals surface area (Å²) in [5.41, 5.74) is -1.92. The summed E-state index contributed by atoms with van der Waals surface area (Å²) in [5, 5.41) is 3.65. The lowest BCUT2D eigenvalue weighted by atomic mass is 10.1. The number of ketones is 1. The van der Waals surface area contributed by atoms with E-state index in [0.29, 0.717) is 30.8 Å². The zero-order valence-electron chi connectivity index (χ0n) is 11.7. The van der Waals surface area contributed by atoms with E-state index in [1.54, 1.807) is 12.1 Å². The number of carbonyl (C=O) groups is 2. The summed E-state index contributed by atoms with van der Waals surface area (Å²) in [4.78, 5) is 29.3. The van der Waals surface area contributed by atoms with E-state index < -0.39 is 23.4 Å². The molecule has 1 fully saturated rings. The van der Waals surface area contributed by atoms with Crippen LogP contribution in [-0.2, 0) is 14.4 Å². The Kier molecular flexibility index (Phi) is 3.97. The van der Waals surface area contributed by atoms with Crippen molar-refractivity contribution in [2.75, 3.05) is 18.0 Å². The molecule has 0 radical (unpaired) electrons. The van der Waals surface area contributed by atoms with Gasteiger partial charge >= 0.3 is 12.1 Å². The van der Waals surface area contributed by atoms with E-state index in [0.717, 1.165) is 11.1 Å². The number of piperidine rings is 1. The maximum atomic E-state index is 12.8. The van der Waals surface area contributed by atoms with E-state index >= 15 is 0 Å². The number of thiophene rings is 1. The molecule has 2 aliphatic rings. The Hall–Kier alpha value is -2.16. The van der Waals surface area contributed by atoms with E-state index in [1.807, 2.05) is 4.90 Å². The highest BCUT2D eigenvalue weighted by Crippen LogP contribution is 2.32. The second-order valence-electron chi connectivity index (χ2n) is 5.08. The summed E-state index contributed by atoms with van der Waals surface area (Å²) in [5.74, 6) is -0.907. The normalized spacial score (nSPS) is 20.9. The summed E-state index contributed by atoms with van der Waals surface area (Å²) in [7, 11) is 0. The van der Waals surface area contributed by atoms with Gasteiger partial charge in [-0.1, -0.05) is 5.16 Å². The van der Waals surface area contributed by atoms with Gasteiger partial charge < -0.3 is 9.74 Å². The van der Waals surface area contributed by atoms with E-state index in [2.05, 4.69) is 9.99 Å². The van der Waals surface area contributed by atoms with E-state index in [4.69, 9.17) is 0 Å². The van der Waals surface area contributed by atoms with Gasteiger partial charge in [0, 0.05) is 30.8 Å². The van der Waals surface area contributed by atoms with Gasteiger partial charge in [-0.05, 0) is 18.2 Å². The lowest BCUT2D eigenvalue weighted by Crippen LogP contribution is -2.33. The lowest BCUT2D eigenvalue weighted by Gasteiger charge is -2.26. The number of nitrogens with zero attached hydrogens (tertiary/aromatic N) is 2. The molecule has 23 heavy (non-hydrogen) atoms. The predicted octanol–water partition coefficient (Wildman–Crippen LogP) is 2.78. The van der Waals surface area contributed by atoms with Gasteiger partial charge in [0.1, 0.15) is 5.78 Å². The number of alkyl halides is 3. The van der Waals surface area contributed by atoms with Crippen LogP contribution in [0.3, 0.4) is 0 Å². The van der Waals surface area contributed by atoms with Crippen LogP contribution in [0, 0.1) is 0 Å². The Morgan fingerprint density at radius 3 is 2.57 bits per heavy atom. The minimum atomic E-state index is -4.74. The second-order valence-corrected chi connectivity index (χ2v) is 6.17. The van der Waals surface area contributed by atoms with Gasteiger partial charge in [0.15, 0.2) is 5.71 Å². The molecule has 0 aliphatic carbocycles. The SMILES string of the molecule is O=C1CCN(c2ccc(C=C3C(=O)ON=C3C(F)(F)F)s2)CC1. The van der Waals surface area contributed by atoms with Crippen molar-refractivity contribution in [3.05, 3.63) is 22.6 Å². The van der Waals surface area contributed by atoms with Crippen LogP contribution in [-0.4, -0.2) is 36.7 Å². The van der Waals surface area contributed by atoms with Crippen LogP contribution >= 0.6 is 11.3 Å². The van der Waals surface area contributed by atoms with Crippen LogP contribution in [0.2, 0.25) is 0 Å². The average Bonchev–Trinajstić information content (AvgIpc) is 3.08. The van der Waals surface area contributed by atoms with Gasteiger partial charge in [0.05, 0.1) is 10.6 Å². The molecule has 1 aromatic heterocycles. The Labute approximate surface area is 133 Å². The third-order valence-corrected chi connectivity index (χ3v) is 4.59. The minimum Gasteiger partial charge on any atom is -0.363 e. The molecule has 3 heterocycles. The first-order valence-corrected chi connectivity index (χ1v) is 7.61. The van der Waals surface area contributed by atoms with Crippen LogP contribution in [0.15, 0.2) is 22.9 Å². The Morgan fingerprint density at radius 1 is 1.22 bits per heavy atom. The number of halogens is 3. The molecule has 1 aromatic rings. The number of anilines is 1. The van der Waals surface area contributed by atoms with Crippen LogP contribution in [0.25, 0.3) is 6.08 Å². The fraction of sp³-hybridized carbons (Fsp3) is 0.357. The molecule has 1 saturated heterocycles. The third kappa shape index (κ3) is 3.29. The van der Waals surface area contributed by atoms with Crippen molar-refractivity contribution < 1.29 is 27.6 Å². The molecule has 0 spiro atoms. The van der Waals surface area contributed by atoms with Crippen molar-refractivity contribution in [1.82, 2.24) is 0 Å². The Balaban J connectivity index is 1.82. The molecule has 0 aromatic carbocycles. The van der Waals surface area contributed by atoms with Gasteiger partial charge in [-0.3, -0.25) is 4.79 Å². The number of oxime groups is 1. The fourth-order valence-corrected chi connectivity index (χ4v) is 3.32. The molecule has 5 nitrogen and oxygen atoms in total. The Bertz CT molecular complexity index is 711. The molecule has 0 bridgehead atoms. The first-order valence-electron chi connectivity index (χ1n) is 6.79. The minimum absolute atomic E-state index is 0.208. The second kappa shape index (κ2) is 5.80. The predicted molar refractivity (Wildman–Crippen MR) is 78.3 cm³/mol. The molecule has 0 amide bonds. The smallest absolute Gasteiger partial charge is 0.363 e. The lowest BCUT2D eigenvalue weighted by molar-refractivity contribution is -0.136. The number of carbonyl (C=O) groups excluding carboxylic acids is 2. The highest BCUT2D eigenvalue weighted by Gasteiger charge is 2.45. The molecular weight excluding hydrogens is 333 g/mol. The van der Waals surface area contributed by atoms with E-state index in [9.17, 15) is 22.8 Å². The van der Waals surface area contributed by atoms with Gasteiger partial charge in [-0.15, -0.1) is 11.3 Å². The van der Waals surface area contributed by atoms with Crippen molar-refractivity contribution >= 4 is 39.9 Å². The first kappa shape index (κ1) is 15.7. The Morgan fingerprint density at radius 2 is 1.91 bits per heavy atom. The molecule has 0 unspecified atom stereocenters. The monoisotopic (exact) mass is 344 g/mol. The molecule has 0 atom stereocenters. The zero-order valence-corrected chi connectivity index (χ0v) is 12.5. The number of Topliss-reactive ketones (excluding diaryl/α,β-unsaturated/α-hetero) is 1. The largest absolute Gasteiger partial charge is 0.437 e. The molecule has 2 aliphatic heterocycles. The van der Waals surface area contributed by atoms with Crippen LogP contribution in [0.5, 0.6) is 0 Å². The summed E-state index contributed by atoms with van der Waals surface area (Å²) in [6.45, 7) is 1.18. The van der Waals surface area contributed by atoms with Crippen molar-refractivity contribution in [3.63, 3.8) is 0 Å². The molecule has 0 saturated carbocycles. The summed E-state index contributed by atoms with van der Waals surface area (Å²) in [6, 6.07) is 3.39. The summed E-state index contributed by atoms with van der Waals surface area (Å²) >= 11 is 1.25. The van der Waals surface area contributed by atoms with Crippen molar-refractivity contribution in [3.8, 4) is 0 Å². The fourth-order valence-electron chi connectivity index (χ4n) is 2.32. The topological polar surface area (TPSA) is 59.0 Å². The van der Waals surface area contributed by atoms with Crippen LogP contribution < -0.4 is 4.90 Å². The highest BCUT2D eigenvalue weighted by atomic mass is 32.1. The zero-order chi connectivity index (χ0) is 16.6. The molecule has 122 valence electrons. The van der Waals surface area contributed by atoms with Crippen molar-refractivity contribution in [1.29, 1.82) is 0 Å². The summed E-state index contributed by atoms with van der Waals surface area (Å²) in [6.07, 6.45) is -2.69. The number of hydrogen-bond donors (Lipinski definition) is 0. The van der Waals surface area contributed by atoms with Gasteiger partial charge in [0.25, 0.3) is 0 Å². The average molecular weight is 344 g/mol. The quantitative estimate of drug-likeness (QED) is 0.611. The van der Waals surface area contributed by atoms with Crippen LogP contribution in [0.1, 0.15) is 17.7 Å². The van der Waals surface area contributed by atoms with Crippen molar-refractivity contribution in [2.45, 2.75) is 19.0 Å². The van der Waals surface area contributed by atoms with E-state index in [1.165, 1.54) is 11.3 Å². The highest BCUT2D eigenvalue weighted by molar-refractivity contribution is 7.17. The molecule has 0 N–H and O–H groups in total. The number of rotatable bonds is 2. The molecular formula is C14H11F3N2O3S. The van der Waals surface area contributed by atoms with Gasteiger partial charge in [-0.2, -0.15) is 13.2 Å². The maximum absolute atomic E-state index is 12.8. The van der Waals surface area contributed by atoms with E-state index in [-0.39, 0.29) is 5.78 Å². The van der Waals surface area contributed by atoms with Gasteiger partial charge in [-0.25, -0.2) is 4.79 Å². The molecule has 9 heteroatoms. The number of hydrogen-bond acceptors (Lipinski definition) is 6. The van der Waals surface area contributed by atoms with Crippen molar-refractivity contribution in [2.24, 2.45) is 5.16 Å². The van der Waals surface area contributed by atoms with Gasteiger partial charge in [0.2, 0.25) is 0 Å². The standard InChI is InChI=1S/C14H11F3N2O3S/c15-14(16,17)12-10(13(21)22-18-12)7-9-1-2-11(23-9)19-5-3-8(20)4-6-19/h1-2,7H,3-6H2.